The Morgan fingerprint density at radius 1 is 1.40 bits per heavy atom. The fourth-order valence-electron chi connectivity index (χ4n) is 2.79. The van der Waals surface area contributed by atoms with Gasteiger partial charge in [-0.15, -0.1) is 0 Å². The predicted octanol–water partition coefficient (Wildman–Crippen LogP) is 2.03. The van der Waals surface area contributed by atoms with Crippen LogP contribution in [-0.4, -0.2) is 34.6 Å². The van der Waals surface area contributed by atoms with Crippen molar-refractivity contribution in [2.75, 3.05) is 6.54 Å². The van der Waals surface area contributed by atoms with Gasteiger partial charge in [-0.05, 0) is 38.6 Å². The zero-order valence-corrected chi connectivity index (χ0v) is 9.06. The summed E-state index contributed by atoms with van der Waals surface area (Å²) in [5, 5.41) is 8.85. The van der Waals surface area contributed by atoms with Crippen molar-refractivity contribution in [2.45, 2.75) is 50.6 Å². The number of hydrogen-bond donors (Lipinski definition) is 1. The monoisotopic (exact) mass is 209 g/mol. The first-order valence-corrected chi connectivity index (χ1v) is 5.91. The summed E-state index contributed by atoms with van der Waals surface area (Å²) < 4.78 is 0. The Morgan fingerprint density at radius 3 is 2.93 bits per heavy atom. The summed E-state index contributed by atoms with van der Waals surface area (Å²) >= 11 is 0. The minimum atomic E-state index is -0.660. The third-order valence-electron chi connectivity index (χ3n) is 3.49. The molecule has 1 aliphatic carbocycles. The van der Waals surface area contributed by atoms with Gasteiger partial charge in [0.05, 0.1) is 6.42 Å². The van der Waals surface area contributed by atoms with E-state index in [9.17, 15) is 4.79 Å². The van der Waals surface area contributed by atoms with E-state index >= 15 is 0 Å². The van der Waals surface area contributed by atoms with Crippen LogP contribution in [0.25, 0.3) is 0 Å². The average molecular weight is 209 g/mol. The van der Waals surface area contributed by atoms with Crippen molar-refractivity contribution in [3.63, 3.8) is 0 Å². The topological polar surface area (TPSA) is 40.5 Å². The van der Waals surface area contributed by atoms with Gasteiger partial charge in [-0.25, -0.2) is 0 Å². The minimum Gasteiger partial charge on any atom is -0.481 e. The van der Waals surface area contributed by atoms with E-state index in [0.29, 0.717) is 12.5 Å². The lowest BCUT2D eigenvalue weighted by Crippen LogP contribution is -2.39. The Balaban J connectivity index is 1.97. The molecule has 1 saturated heterocycles. The van der Waals surface area contributed by atoms with Crippen molar-refractivity contribution in [3.05, 3.63) is 12.2 Å². The normalized spacial score (nSPS) is 32.0. The summed E-state index contributed by atoms with van der Waals surface area (Å²) in [7, 11) is 0. The van der Waals surface area contributed by atoms with Gasteiger partial charge < -0.3 is 5.11 Å². The van der Waals surface area contributed by atoms with Gasteiger partial charge in [-0.3, -0.25) is 9.69 Å². The zero-order valence-electron chi connectivity index (χ0n) is 9.06. The van der Waals surface area contributed by atoms with Crippen LogP contribution in [0.15, 0.2) is 12.2 Å². The first kappa shape index (κ1) is 10.7. The number of aliphatic carboxylic acids is 1. The van der Waals surface area contributed by atoms with Crippen molar-refractivity contribution in [3.8, 4) is 0 Å². The van der Waals surface area contributed by atoms with E-state index in [1.165, 1.54) is 19.3 Å². The molecule has 0 aromatic heterocycles. The van der Waals surface area contributed by atoms with Crippen LogP contribution < -0.4 is 0 Å². The van der Waals surface area contributed by atoms with Crippen molar-refractivity contribution >= 4 is 5.97 Å². The highest BCUT2D eigenvalue weighted by molar-refractivity contribution is 5.67. The fourth-order valence-corrected chi connectivity index (χ4v) is 2.79. The molecule has 3 nitrogen and oxygen atoms in total. The first-order chi connectivity index (χ1) is 7.27. The Hall–Kier alpha value is -0.830. The number of allylic oxidation sites excluding steroid dienone is 1. The van der Waals surface area contributed by atoms with Crippen LogP contribution in [0.2, 0.25) is 0 Å². The highest BCUT2D eigenvalue weighted by atomic mass is 16.4. The molecule has 15 heavy (non-hydrogen) atoms. The molecule has 0 spiro atoms. The van der Waals surface area contributed by atoms with Gasteiger partial charge in [-0.2, -0.15) is 0 Å². The van der Waals surface area contributed by atoms with Gasteiger partial charge >= 0.3 is 5.97 Å². The molecule has 1 N–H and O–H groups in total. The molecule has 0 aromatic carbocycles. The second kappa shape index (κ2) is 4.79. The second-order valence-electron chi connectivity index (χ2n) is 4.56. The summed E-state index contributed by atoms with van der Waals surface area (Å²) in [6.45, 7) is 1.08. The van der Waals surface area contributed by atoms with Gasteiger partial charge in [0.2, 0.25) is 0 Å². The first-order valence-electron chi connectivity index (χ1n) is 5.91. The molecule has 2 aliphatic rings. The van der Waals surface area contributed by atoms with Gasteiger partial charge in [-0.1, -0.05) is 12.2 Å². The van der Waals surface area contributed by atoms with E-state index in [1.807, 2.05) is 0 Å². The summed E-state index contributed by atoms with van der Waals surface area (Å²) in [6.07, 6.45) is 10.7. The van der Waals surface area contributed by atoms with E-state index in [-0.39, 0.29) is 6.04 Å². The molecular formula is C12H19NO2. The number of carbonyl (C=O) groups is 1. The molecule has 1 heterocycles. The maximum atomic E-state index is 10.7. The van der Waals surface area contributed by atoms with Crippen molar-refractivity contribution in [1.29, 1.82) is 0 Å². The van der Waals surface area contributed by atoms with Crippen molar-refractivity contribution in [1.82, 2.24) is 4.90 Å². The predicted molar refractivity (Wildman–Crippen MR) is 58.8 cm³/mol. The molecule has 2 unspecified atom stereocenters. The lowest BCUT2D eigenvalue weighted by atomic mass is 10.00. The molecule has 0 saturated carbocycles. The van der Waals surface area contributed by atoms with Crippen molar-refractivity contribution < 1.29 is 9.90 Å². The minimum absolute atomic E-state index is 0.273. The van der Waals surface area contributed by atoms with Crippen LogP contribution in [0.1, 0.15) is 38.5 Å². The third-order valence-corrected chi connectivity index (χ3v) is 3.49. The highest BCUT2D eigenvalue weighted by Gasteiger charge is 2.31. The number of likely N-dealkylation sites (tertiary alicyclic amines) is 1. The van der Waals surface area contributed by atoms with Crippen molar-refractivity contribution in [2.24, 2.45) is 0 Å². The lowest BCUT2D eigenvalue weighted by molar-refractivity contribution is -0.138. The molecule has 0 aromatic rings. The third kappa shape index (κ3) is 2.59. The molecule has 3 heteroatoms. The largest absolute Gasteiger partial charge is 0.481 e. The Kier molecular flexibility index (Phi) is 3.41. The maximum Gasteiger partial charge on any atom is 0.304 e. The van der Waals surface area contributed by atoms with Crippen LogP contribution in [0, 0.1) is 0 Å². The molecule has 84 valence electrons. The van der Waals surface area contributed by atoms with Crippen LogP contribution in [0.5, 0.6) is 0 Å². The Labute approximate surface area is 90.8 Å². The molecule has 0 amide bonds. The molecule has 0 bridgehead atoms. The summed E-state index contributed by atoms with van der Waals surface area (Å²) in [5.74, 6) is -0.660. The molecular weight excluding hydrogens is 190 g/mol. The fraction of sp³-hybridized carbons (Fsp3) is 0.750. The average Bonchev–Trinajstić information content (AvgIpc) is 2.66. The number of nitrogens with zero attached hydrogens (tertiary/aromatic N) is 1. The van der Waals surface area contributed by atoms with Crippen LogP contribution >= 0.6 is 0 Å². The van der Waals surface area contributed by atoms with E-state index in [1.54, 1.807) is 0 Å². The lowest BCUT2D eigenvalue weighted by Gasteiger charge is -2.32. The van der Waals surface area contributed by atoms with Crippen LogP contribution in [-0.2, 0) is 4.79 Å². The van der Waals surface area contributed by atoms with E-state index in [4.69, 9.17) is 5.11 Å². The molecule has 0 radical (unpaired) electrons. The highest BCUT2D eigenvalue weighted by Crippen LogP contribution is 2.27. The van der Waals surface area contributed by atoms with Gasteiger partial charge in [0.1, 0.15) is 0 Å². The van der Waals surface area contributed by atoms with Crippen LogP contribution in [0.4, 0.5) is 0 Å². The standard InChI is InChI=1S/C12H19NO2/c14-12(15)9-11-7-4-8-13(11)10-5-2-1-3-6-10/h2,5,10-11H,1,3-4,6-9H2,(H,14,15). The molecule has 1 aliphatic heterocycles. The number of carboxylic acid groups (broad SMARTS) is 1. The molecule has 2 atom stereocenters. The molecule has 1 fully saturated rings. The van der Waals surface area contributed by atoms with Gasteiger partial charge in [0.15, 0.2) is 0 Å². The summed E-state index contributed by atoms with van der Waals surface area (Å²) in [4.78, 5) is 13.1. The van der Waals surface area contributed by atoms with E-state index < -0.39 is 5.97 Å². The zero-order chi connectivity index (χ0) is 10.7. The maximum absolute atomic E-state index is 10.7. The van der Waals surface area contributed by atoms with E-state index in [2.05, 4.69) is 17.1 Å². The number of hydrogen-bond acceptors (Lipinski definition) is 2. The van der Waals surface area contributed by atoms with Crippen LogP contribution in [0.3, 0.4) is 0 Å². The summed E-state index contributed by atoms with van der Waals surface area (Å²) in [6, 6.07) is 0.779. The summed E-state index contributed by atoms with van der Waals surface area (Å²) in [5.41, 5.74) is 0. The van der Waals surface area contributed by atoms with Gasteiger partial charge in [0.25, 0.3) is 0 Å². The quantitative estimate of drug-likeness (QED) is 0.723. The smallest absolute Gasteiger partial charge is 0.304 e. The SMILES string of the molecule is O=C(O)CC1CCCN1C1C=CCCC1. The number of rotatable bonds is 3. The van der Waals surface area contributed by atoms with Gasteiger partial charge in [0, 0.05) is 12.1 Å². The van der Waals surface area contributed by atoms with E-state index in [0.717, 1.165) is 19.4 Å². The Bertz CT molecular complexity index is 262. The second-order valence-corrected chi connectivity index (χ2v) is 4.56. The number of carboxylic acids is 1. The Morgan fingerprint density at radius 2 is 2.27 bits per heavy atom. The molecule has 2 rings (SSSR count).